The van der Waals surface area contributed by atoms with E-state index >= 15 is 0 Å². The van der Waals surface area contributed by atoms with Crippen molar-refractivity contribution in [3.05, 3.63) is 29.8 Å². The lowest BCUT2D eigenvalue weighted by molar-refractivity contribution is -0.0611. The van der Waals surface area contributed by atoms with E-state index in [2.05, 4.69) is 12.2 Å². The van der Waals surface area contributed by atoms with Gasteiger partial charge in [-0.2, -0.15) is 0 Å². The Labute approximate surface area is 111 Å². The van der Waals surface area contributed by atoms with Gasteiger partial charge >= 0.3 is 0 Å². The summed E-state index contributed by atoms with van der Waals surface area (Å²) in [5.74, 6) is 0.799. The number of ether oxygens (including phenoxy) is 2. The van der Waals surface area contributed by atoms with Gasteiger partial charge in [0.2, 0.25) is 0 Å². The fraction of sp³-hybridized carbons (Fsp3) is 0.571. The van der Waals surface area contributed by atoms with Crippen molar-refractivity contribution in [1.29, 1.82) is 0 Å². The van der Waals surface area contributed by atoms with Gasteiger partial charge in [0, 0.05) is 5.56 Å². The highest BCUT2D eigenvalue weighted by Gasteiger charge is 2.31. The quantitative estimate of drug-likeness (QED) is 0.863. The van der Waals surface area contributed by atoms with Crippen LogP contribution >= 0.6 is 0 Å². The molecule has 0 aromatic heterocycles. The third-order valence-corrected chi connectivity index (χ3v) is 3.08. The Morgan fingerprint density at radius 3 is 2.95 bits per heavy atom. The van der Waals surface area contributed by atoms with Crippen molar-refractivity contribution in [1.82, 2.24) is 5.32 Å². The highest BCUT2D eigenvalue weighted by Crippen LogP contribution is 2.33. The number of hydrogen-bond donors (Lipinski definition) is 1. The molecule has 0 bridgehead atoms. The number of halogens is 2. The van der Waals surface area contributed by atoms with Gasteiger partial charge in [-0.1, -0.05) is 25.1 Å². The van der Waals surface area contributed by atoms with Crippen molar-refractivity contribution in [2.24, 2.45) is 0 Å². The zero-order valence-electron chi connectivity index (χ0n) is 10.9. The maximum absolute atomic E-state index is 12.3. The molecule has 2 rings (SSSR count). The summed E-state index contributed by atoms with van der Waals surface area (Å²) in [6.45, 7) is 2.62. The maximum atomic E-state index is 12.3. The van der Waals surface area contributed by atoms with Gasteiger partial charge in [0.15, 0.2) is 0 Å². The fourth-order valence-electron chi connectivity index (χ4n) is 2.22. The number of rotatable bonds is 6. The van der Waals surface area contributed by atoms with Crippen molar-refractivity contribution in [2.75, 3.05) is 19.8 Å². The zero-order valence-corrected chi connectivity index (χ0v) is 10.9. The summed E-state index contributed by atoms with van der Waals surface area (Å²) < 4.78 is 35.4. The predicted molar refractivity (Wildman–Crippen MR) is 68.7 cm³/mol. The molecule has 0 saturated carbocycles. The summed E-state index contributed by atoms with van der Waals surface area (Å²) in [6, 6.07) is 7.55. The molecule has 2 atom stereocenters. The van der Waals surface area contributed by atoms with Crippen molar-refractivity contribution < 1.29 is 18.3 Å². The van der Waals surface area contributed by atoms with Crippen LogP contribution in [-0.2, 0) is 4.74 Å². The third kappa shape index (κ3) is 3.64. The minimum Gasteiger partial charge on any atom is -0.490 e. The number of para-hydroxylation sites is 1. The Balaban J connectivity index is 2.11. The van der Waals surface area contributed by atoms with Crippen LogP contribution in [0.2, 0.25) is 0 Å². The molecule has 3 nitrogen and oxygen atoms in total. The molecule has 2 unspecified atom stereocenters. The van der Waals surface area contributed by atoms with Gasteiger partial charge in [0.05, 0.1) is 6.04 Å². The van der Waals surface area contributed by atoms with E-state index in [9.17, 15) is 8.78 Å². The molecule has 1 aromatic carbocycles. The van der Waals surface area contributed by atoms with E-state index in [4.69, 9.17) is 9.47 Å². The molecule has 5 heteroatoms. The maximum Gasteiger partial charge on any atom is 0.261 e. The molecule has 0 fully saturated rings. The third-order valence-electron chi connectivity index (χ3n) is 3.08. The van der Waals surface area contributed by atoms with Crippen LogP contribution in [0.1, 0.15) is 24.9 Å². The molecular weight excluding hydrogens is 252 g/mol. The summed E-state index contributed by atoms with van der Waals surface area (Å²) in [5.41, 5.74) is 0.974. The summed E-state index contributed by atoms with van der Waals surface area (Å²) in [6.07, 6.45) is -1.86. The van der Waals surface area contributed by atoms with Gasteiger partial charge < -0.3 is 14.8 Å². The average Bonchev–Trinajstić information content (AvgIpc) is 2.43. The molecule has 1 aliphatic heterocycles. The molecule has 1 N–H and O–H groups in total. The summed E-state index contributed by atoms with van der Waals surface area (Å²) in [4.78, 5) is 0. The molecule has 0 radical (unpaired) electrons. The van der Waals surface area contributed by atoms with Crippen LogP contribution in [0.25, 0.3) is 0 Å². The van der Waals surface area contributed by atoms with Gasteiger partial charge in [-0.3, -0.25) is 0 Å². The first-order chi connectivity index (χ1) is 9.22. The lowest BCUT2D eigenvalue weighted by atomic mass is 9.98. The highest BCUT2D eigenvalue weighted by atomic mass is 19.3. The Kier molecular flexibility index (Phi) is 5.10. The molecule has 0 spiro atoms. The van der Waals surface area contributed by atoms with Crippen LogP contribution in [0.15, 0.2) is 24.3 Å². The van der Waals surface area contributed by atoms with Gasteiger partial charge in [0.1, 0.15) is 25.1 Å². The molecule has 0 aliphatic carbocycles. The lowest BCUT2D eigenvalue weighted by Crippen LogP contribution is -2.42. The standard InChI is InChI=1S/C14H19F2NO2/c1-2-7-17-14-10-5-3-4-6-11(10)18-8-12(14)19-9-13(15)16/h3-6,12-14,17H,2,7-9H2,1H3. The zero-order chi connectivity index (χ0) is 13.7. The van der Waals surface area contributed by atoms with E-state index < -0.39 is 13.0 Å². The van der Waals surface area contributed by atoms with Crippen molar-refractivity contribution >= 4 is 0 Å². The second-order valence-electron chi connectivity index (χ2n) is 4.54. The number of hydrogen-bond acceptors (Lipinski definition) is 3. The van der Waals surface area contributed by atoms with Crippen LogP contribution in [0.3, 0.4) is 0 Å². The SMILES string of the molecule is CCCNC1c2ccccc2OCC1OCC(F)F. The first-order valence-corrected chi connectivity index (χ1v) is 6.57. The summed E-state index contributed by atoms with van der Waals surface area (Å²) in [5, 5.41) is 3.35. The van der Waals surface area contributed by atoms with Crippen LogP contribution in [0.4, 0.5) is 8.78 Å². The van der Waals surface area contributed by atoms with E-state index in [1.807, 2.05) is 24.3 Å². The molecule has 0 saturated heterocycles. The molecule has 1 aromatic rings. The Bertz CT molecular complexity index is 401. The Morgan fingerprint density at radius 2 is 2.21 bits per heavy atom. The first kappa shape index (κ1) is 14.2. The van der Waals surface area contributed by atoms with Crippen molar-refractivity contribution in [2.45, 2.75) is 31.9 Å². The minimum atomic E-state index is -2.45. The van der Waals surface area contributed by atoms with Crippen LogP contribution in [0.5, 0.6) is 5.75 Å². The molecule has 1 aliphatic rings. The normalized spacial score (nSPS) is 22.1. The van der Waals surface area contributed by atoms with Crippen LogP contribution in [-0.4, -0.2) is 32.3 Å². The number of nitrogens with one attached hydrogen (secondary N) is 1. The second kappa shape index (κ2) is 6.82. The van der Waals surface area contributed by atoms with Gasteiger partial charge in [-0.05, 0) is 19.0 Å². The smallest absolute Gasteiger partial charge is 0.261 e. The number of fused-ring (bicyclic) bond motifs is 1. The lowest BCUT2D eigenvalue weighted by Gasteiger charge is -2.34. The Morgan fingerprint density at radius 1 is 1.42 bits per heavy atom. The van der Waals surface area contributed by atoms with Gasteiger partial charge in [-0.15, -0.1) is 0 Å². The van der Waals surface area contributed by atoms with E-state index in [0.717, 1.165) is 24.3 Å². The van der Waals surface area contributed by atoms with Crippen molar-refractivity contribution in [3.63, 3.8) is 0 Å². The van der Waals surface area contributed by atoms with Gasteiger partial charge in [-0.25, -0.2) is 8.78 Å². The molecular formula is C14H19F2NO2. The van der Waals surface area contributed by atoms with Crippen molar-refractivity contribution in [3.8, 4) is 5.75 Å². The largest absolute Gasteiger partial charge is 0.490 e. The predicted octanol–water partition coefficient (Wildman–Crippen LogP) is 2.77. The fourth-order valence-corrected chi connectivity index (χ4v) is 2.22. The van der Waals surface area contributed by atoms with Crippen LogP contribution in [0, 0.1) is 0 Å². The second-order valence-corrected chi connectivity index (χ2v) is 4.54. The topological polar surface area (TPSA) is 30.5 Å². The number of benzene rings is 1. The van der Waals surface area contributed by atoms with Crippen LogP contribution < -0.4 is 10.1 Å². The monoisotopic (exact) mass is 271 g/mol. The molecule has 19 heavy (non-hydrogen) atoms. The Hall–Kier alpha value is -1.20. The molecule has 106 valence electrons. The van der Waals surface area contributed by atoms with E-state index in [-0.39, 0.29) is 12.1 Å². The van der Waals surface area contributed by atoms with E-state index in [1.165, 1.54) is 0 Å². The molecule has 0 amide bonds. The van der Waals surface area contributed by atoms with Gasteiger partial charge in [0.25, 0.3) is 6.43 Å². The van der Waals surface area contributed by atoms with E-state index in [0.29, 0.717) is 6.61 Å². The summed E-state index contributed by atoms with van der Waals surface area (Å²) in [7, 11) is 0. The first-order valence-electron chi connectivity index (χ1n) is 6.57. The highest BCUT2D eigenvalue weighted by molar-refractivity contribution is 5.38. The average molecular weight is 271 g/mol. The minimum absolute atomic E-state index is 0.0938. The number of alkyl halides is 2. The van der Waals surface area contributed by atoms with E-state index in [1.54, 1.807) is 0 Å². The molecule has 1 heterocycles. The summed E-state index contributed by atoms with van der Waals surface area (Å²) >= 11 is 0.